The summed E-state index contributed by atoms with van der Waals surface area (Å²) in [5, 5.41) is 15.6. The molecule has 2 aromatic heterocycles. The average Bonchev–Trinajstić information content (AvgIpc) is 3.23. The van der Waals surface area contributed by atoms with Crippen LogP contribution < -0.4 is 10.1 Å². The lowest BCUT2D eigenvalue weighted by Gasteiger charge is -2.11. The Labute approximate surface area is 175 Å². The van der Waals surface area contributed by atoms with Gasteiger partial charge in [0, 0.05) is 23.1 Å². The van der Waals surface area contributed by atoms with Crippen molar-refractivity contribution in [1.82, 2.24) is 25.2 Å². The quantitative estimate of drug-likeness (QED) is 0.466. The molecule has 0 saturated heterocycles. The van der Waals surface area contributed by atoms with Crippen LogP contribution in [0.3, 0.4) is 0 Å². The highest BCUT2D eigenvalue weighted by atomic mass is 19.4. The van der Waals surface area contributed by atoms with E-state index < -0.39 is 11.7 Å². The molecule has 0 saturated carbocycles. The molecule has 4 rings (SSSR count). The van der Waals surface area contributed by atoms with E-state index in [1.54, 1.807) is 36.7 Å². The number of aromatic nitrogens is 5. The summed E-state index contributed by atoms with van der Waals surface area (Å²) in [7, 11) is 0. The van der Waals surface area contributed by atoms with Gasteiger partial charge in [0.15, 0.2) is 0 Å². The summed E-state index contributed by atoms with van der Waals surface area (Å²) < 4.78 is 43.9. The Hall–Kier alpha value is -3.95. The van der Waals surface area contributed by atoms with E-state index in [9.17, 15) is 13.2 Å². The molecule has 4 aromatic rings. The van der Waals surface area contributed by atoms with Crippen LogP contribution in [0.15, 0.2) is 73.1 Å². The SMILES string of the molecule is FC(F)(F)c1ccc(Nc2ccccc2-c2nnn(CCOc3cccnc3)n2)cc1. The summed E-state index contributed by atoms with van der Waals surface area (Å²) in [6.07, 6.45) is -1.10. The molecule has 31 heavy (non-hydrogen) atoms. The molecule has 2 aromatic carbocycles. The van der Waals surface area contributed by atoms with Crippen LogP contribution in [0.1, 0.15) is 5.56 Å². The molecule has 1 N–H and O–H groups in total. The van der Waals surface area contributed by atoms with Crippen molar-refractivity contribution in [3.63, 3.8) is 0 Å². The second-order valence-corrected chi connectivity index (χ2v) is 6.49. The van der Waals surface area contributed by atoms with Gasteiger partial charge in [0.1, 0.15) is 12.4 Å². The molecular weight excluding hydrogens is 409 g/mol. The predicted molar refractivity (Wildman–Crippen MR) is 108 cm³/mol. The number of hydrogen-bond donors (Lipinski definition) is 1. The van der Waals surface area contributed by atoms with Gasteiger partial charge >= 0.3 is 6.18 Å². The number of nitrogens with one attached hydrogen (secondary N) is 1. The average molecular weight is 426 g/mol. The zero-order valence-corrected chi connectivity index (χ0v) is 16.1. The van der Waals surface area contributed by atoms with Crippen LogP contribution in [0.5, 0.6) is 5.75 Å². The molecule has 0 aliphatic carbocycles. The smallest absolute Gasteiger partial charge is 0.416 e. The molecule has 0 aliphatic rings. The standard InChI is InChI=1S/C21H17F3N6O/c22-21(23,24)15-7-9-16(10-8-15)26-19-6-2-1-5-18(19)20-27-29-30(28-20)12-13-31-17-4-3-11-25-14-17/h1-11,14,26H,12-13H2. The van der Waals surface area contributed by atoms with E-state index in [0.29, 0.717) is 41.7 Å². The molecule has 2 heterocycles. The third-order valence-electron chi connectivity index (χ3n) is 4.31. The Bertz CT molecular complexity index is 1130. The largest absolute Gasteiger partial charge is 0.490 e. The molecule has 0 radical (unpaired) electrons. The lowest BCUT2D eigenvalue weighted by Crippen LogP contribution is -2.11. The summed E-state index contributed by atoms with van der Waals surface area (Å²) in [5.41, 5.74) is 1.12. The molecule has 10 heteroatoms. The fraction of sp³-hybridized carbons (Fsp3) is 0.143. The van der Waals surface area contributed by atoms with E-state index in [0.717, 1.165) is 12.1 Å². The molecule has 0 unspecified atom stereocenters. The third-order valence-corrected chi connectivity index (χ3v) is 4.31. The van der Waals surface area contributed by atoms with Crippen molar-refractivity contribution in [3.05, 3.63) is 78.6 Å². The first-order valence-corrected chi connectivity index (χ1v) is 9.33. The second kappa shape index (κ2) is 8.82. The second-order valence-electron chi connectivity index (χ2n) is 6.49. The molecule has 0 amide bonds. The number of halogens is 3. The summed E-state index contributed by atoms with van der Waals surface area (Å²) in [6.45, 7) is 0.726. The van der Waals surface area contributed by atoms with Gasteiger partial charge in [-0.3, -0.25) is 4.98 Å². The van der Waals surface area contributed by atoms with Crippen LogP contribution in [-0.2, 0) is 12.7 Å². The van der Waals surface area contributed by atoms with Crippen molar-refractivity contribution in [2.24, 2.45) is 0 Å². The Morgan fingerprint density at radius 3 is 2.52 bits per heavy atom. The maximum atomic E-state index is 12.8. The van der Waals surface area contributed by atoms with Crippen molar-refractivity contribution in [2.45, 2.75) is 12.7 Å². The Balaban J connectivity index is 1.45. The van der Waals surface area contributed by atoms with Crippen molar-refractivity contribution in [3.8, 4) is 17.1 Å². The highest BCUT2D eigenvalue weighted by Gasteiger charge is 2.29. The van der Waals surface area contributed by atoms with Gasteiger partial charge in [0.05, 0.1) is 18.3 Å². The predicted octanol–water partition coefficient (Wildman–Crippen LogP) is 4.58. The summed E-state index contributed by atoms with van der Waals surface area (Å²) in [6, 6.07) is 15.6. The van der Waals surface area contributed by atoms with Crippen LogP contribution in [0.25, 0.3) is 11.4 Å². The zero-order valence-electron chi connectivity index (χ0n) is 16.1. The summed E-state index contributed by atoms with van der Waals surface area (Å²) in [4.78, 5) is 5.39. The number of tetrazole rings is 1. The topological polar surface area (TPSA) is 77.8 Å². The molecule has 0 fully saturated rings. The fourth-order valence-corrected chi connectivity index (χ4v) is 2.81. The normalized spacial score (nSPS) is 11.3. The summed E-state index contributed by atoms with van der Waals surface area (Å²) >= 11 is 0. The molecule has 0 bridgehead atoms. The van der Waals surface area contributed by atoms with E-state index in [1.807, 2.05) is 12.1 Å². The van der Waals surface area contributed by atoms with Crippen molar-refractivity contribution in [1.29, 1.82) is 0 Å². The fourth-order valence-electron chi connectivity index (χ4n) is 2.81. The molecule has 0 atom stereocenters. The van der Waals surface area contributed by atoms with Crippen LogP contribution in [-0.4, -0.2) is 31.8 Å². The number of para-hydroxylation sites is 1. The van der Waals surface area contributed by atoms with E-state index in [4.69, 9.17) is 4.74 Å². The van der Waals surface area contributed by atoms with Crippen LogP contribution >= 0.6 is 0 Å². The van der Waals surface area contributed by atoms with E-state index in [1.165, 1.54) is 16.9 Å². The van der Waals surface area contributed by atoms with Gasteiger partial charge in [-0.05, 0) is 53.7 Å². The van der Waals surface area contributed by atoms with E-state index in [-0.39, 0.29) is 0 Å². The lowest BCUT2D eigenvalue weighted by molar-refractivity contribution is -0.137. The van der Waals surface area contributed by atoms with Crippen molar-refractivity contribution in [2.75, 3.05) is 11.9 Å². The Morgan fingerprint density at radius 1 is 0.968 bits per heavy atom. The lowest BCUT2D eigenvalue weighted by atomic mass is 10.1. The first-order chi connectivity index (χ1) is 15.0. The number of hydrogen-bond acceptors (Lipinski definition) is 6. The minimum absolute atomic E-state index is 0.340. The van der Waals surface area contributed by atoms with Gasteiger partial charge in [-0.15, -0.1) is 10.2 Å². The first-order valence-electron chi connectivity index (χ1n) is 9.33. The molecule has 7 nitrogen and oxygen atoms in total. The van der Waals surface area contributed by atoms with Gasteiger partial charge < -0.3 is 10.1 Å². The number of pyridine rings is 1. The van der Waals surface area contributed by atoms with Crippen LogP contribution in [0.2, 0.25) is 0 Å². The van der Waals surface area contributed by atoms with E-state index >= 15 is 0 Å². The van der Waals surface area contributed by atoms with Crippen LogP contribution in [0, 0.1) is 0 Å². The number of benzene rings is 2. The number of rotatable bonds is 7. The first kappa shape index (κ1) is 20.3. The highest BCUT2D eigenvalue weighted by molar-refractivity contribution is 5.77. The van der Waals surface area contributed by atoms with Gasteiger partial charge in [-0.25, -0.2) is 0 Å². The zero-order chi connectivity index (χ0) is 21.7. The maximum absolute atomic E-state index is 12.8. The van der Waals surface area contributed by atoms with Gasteiger partial charge in [0.2, 0.25) is 5.82 Å². The Morgan fingerprint density at radius 2 is 1.77 bits per heavy atom. The summed E-state index contributed by atoms with van der Waals surface area (Å²) in [5.74, 6) is 1.03. The van der Waals surface area contributed by atoms with Crippen molar-refractivity contribution < 1.29 is 17.9 Å². The minimum Gasteiger partial charge on any atom is -0.490 e. The molecule has 0 aliphatic heterocycles. The maximum Gasteiger partial charge on any atom is 0.416 e. The molecule has 158 valence electrons. The molecular formula is C21H17F3N6O. The minimum atomic E-state index is -4.38. The van der Waals surface area contributed by atoms with Gasteiger partial charge in [-0.1, -0.05) is 12.1 Å². The van der Waals surface area contributed by atoms with E-state index in [2.05, 4.69) is 25.7 Å². The monoisotopic (exact) mass is 426 g/mol. The number of alkyl halides is 3. The van der Waals surface area contributed by atoms with Gasteiger partial charge in [-0.2, -0.15) is 18.0 Å². The molecule has 0 spiro atoms. The van der Waals surface area contributed by atoms with Crippen molar-refractivity contribution >= 4 is 11.4 Å². The number of anilines is 2. The number of nitrogens with zero attached hydrogens (tertiary/aromatic N) is 5. The van der Waals surface area contributed by atoms with Gasteiger partial charge in [0.25, 0.3) is 0 Å². The third kappa shape index (κ3) is 5.16. The van der Waals surface area contributed by atoms with Crippen LogP contribution in [0.4, 0.5) is 24.5 Å². The highest BCUT2D eigenvalue weighted by Crippen LogP contribution is 2.32. The Kier molecular flexibility index (Phi) is 5.78. The number of ether oxygens (including phenoxy) is 1.